The third kappa shape index (κ3) is 7.25. The van der Waals surface area contributed by atoms with Crippen molar-refractivity contribution in [1.29, 1.82) is 0 Å². The molecule has 222 valence electrons. The summed E-state index contributed by atoms with van der Waals surface area (Å²) in [5.41, 5.74) is 3.43. The van der Waals surface area contributed by atoms with Gasteiger partial charge in [0.15, 0.2) is 5.82 Å². The molecule has 3 heterocycles. The van der Waals surface area contributed by atoms with Crippen LogP contribution in [0.1, 0.15) is 23.9 Å². The van der Waals surface area contributed by atoms with Crippen LogP contribution in [-0.4, -0.2) is 96.5 Å². The molecular formula is C28H37ClN6O6. The second kappa shape index (κ2) is 13.9. The standard InChI is InChI=1S/C28H37ClN6O6/c1-6-39-28(37)35-9-10-38-14-19(35)12-31-26-16(2)25(24-17(3)34-41-18(24)4)32-27(33-26)22-11-21(7-8-23(22)29)40-15-20(36)13-30-5/h7-8,11,19-20,30,36H,6,9-10,12-15H2,1-5H3,(H,31,32,33)/t19?,20-/m0/s1. The Morgan fingerprint density at radius 2 is 2.10 bits per heavy atom. The van der Waals surface area contributed by atoms with Crippen molar-refractivity contribution in [3.63, 3.8) is 0 Å². The highest BCUT2D eigenvalue weighted by molar-refractivity contribution is 6.33. The van der Waals surface area contributed by atoms with Crippen molar-refractivity contribution >= 4 is 23.5 Å². The number of rotatable bonds is 11. The molecule has 1 saturated heterocycles. The molecule has 3 N–H and O–H groups in total. The van der Waals surface area contributed by atoms with Crippen molar-refractivity contribution in [2.24, 2.45) is 0 Å². The molecule has 41 heavy (non-hydrogen) atoms. The van der Waals surface area contributed by atoms with Gasteiger partial charge in [0.1, 0.15) is 30.0 Å². The quantitative estimate of drug-likeness (QED) is 0.302. The average Bonchev–Trinajstić information content (AvgIpc) is 3.29. The van der Waals surface area contributed by atoms with Crippen LogP contribution in [0.2, 0.25) is 5.02 Å². The molecule has 1 fully saturated rings. The van der Waals surface area contributed by atoms with E-state index in [1.165, 1.54) is 0 Å². The van der Waals surface area contributed by atoms with Gasteiger partial charge in [0, 0.05) is 30.8 Å². The highest BCUT2D eigenvalue weighted by Crippen LogP contribution is 2.36. The van der Waals surface area contributed by atoms with Crippen LogP contribution in [-0.2, 0) is 9.47 Å². The molecule has 0 aliphatic carbocycles. The lowest BCUT2D eigenvalue weighted by Gasteiger charge is -2.35. The molecule has 0 saturated carbocycles. The number of aromatic nitrogens is 3. The Morgan fingerprint density at radius 1 is 1.29 bits per heavy atom. The second-order valence-electron chi connectivity index (χ2n) is 9.73. The minimum atomic E-state index is -0.672. The van der Waals surface area contributed by atoms with Crippen molar-refractivity contribution in [2.75, 3.05) is 58.4 Å². The largest absolute Gasteiger partial charge is 0.491 e. The molecule has 2 atom stereocenters. The van der Waals surface area contributed by atoms with Gasteiger partial charge in [-0.2, -0.15) is 0 Å². The Hall–Kier alpha value is -3.45. The lowest BCUT2D eigenvalue weighted by Crippen LogP contribution is -2.52. The van der Waals surface area contributed by atoms with E-state index in [0.717, 1.165) is 11.1 Å². The summed E-state index contributed by atoms with van der Waals surface area (Å²) in [6.07, 6.45) is -1.04. The molecule has 4 rings (SSSR count). The number of aryl methyl sites for hydroxylation is 2. The van der Waals surface area contributed by atoms with Crippen LogP contribution in [0.4, 0.5) is 10.6 Å². The van der Waals surface area contributed by atoms with Gasteiger partial charge in [-0.15, -0.1) is 0 Å². The van der Waals surface area contributed by atoms with E-state index in [1.807, 2.05) is 20.8 Å². The summed E-state index contributed by atoms with van der Waals surface area (Å²) in [4.78, 5) is 24.0. The van der Waals surface area contributed by atoms with E-state index in [2.05, 4.69) is 15.8 Å². The minimum Gasteiger partial charge on any atom is -0.491 e. The van der Waals surface area contributed by atoms with Gasteiger partial charge in [0.25, 0.3) is 0 Å². The first-order chi connectivity index (χ1) is 19.7. The zero-order valence-electron chi connectivity index (χ0n) is 24.0. The highest BCUT2D eigenvalue weighted by atomic mass is 35.5. The Balaban J connectivity index is 1.70. The van der Waals surface area contributed by atoms with Crippen molar-refractivity contribution in [3.8, 4) is 28.4 Å². The normalized spacial score (nSPS) is 16.0. The van der Waals surface area contributed by atoms with E-state index in [0.29, 0.717) is 84.6 Å². The minimum absolute atomic E-state index is 0.105. The van der Waals surface area contributed by atoms with Crippen LogP contribution >= 0.6 is 11.6 Å². The summed E-state index contributed by atoms with van der Waals surface area (Å²) in [5.74, 6) is 2.06. The number of amides is 1. The maximum Gasteiger partial charge on any atom is 0.410 e. The number of hydrogen-bond acceptors (Lipinski definition) is 11. The van der Waals surface area contributed by atoms with E-state index >= 15 is 0 Å². The van der Waals surface area contributed by atoms with Gasteiger partial charge in [0.05, 0.1) is 47.8 Å². The number of carbonyl (C=O) groups excluding carboxylic acids is 1. The van der Waals surface area contributed by atoms with Gasteiger partial charge in [0.2, 0.25) is 0 Å². The molecule has 13 heteroatoms. The molecular weight excluding hydrogens is 552 g/mol. The number of hydrogen-bond donors (Lipinski definition) is 3. The topological polar surface area (TPSA) is 144 Å². The SMILES string of the molecule is CCOC(=O)N1CCOCC1CNc1nc(-c2cc(OC[C@@H](O)CNC)ccc2Cl)nc(-c2c(C)noc2C)c1C. The molecule has 1 unspecified atom stereocenters. The molecule has 0 spiro atoms. The third-order valence-corrected chi connectivity index (χ3v) is 7.04. The molecule has 0 radical (unpaired) electrons. The third-order valence-electron chi connectivity index (χ3n) is 6.71. The number of likely N-dealkylation sites (N-methyl/N-ethyl adjacent to an activating group) is 1. The van der Waals surface area contributed by atoms with Crippen LogP contribution in [0.15, 0.2) is 22.7 Å². The summed E-state index contributed by atoms with van der Waals surface area (Å²) in [6, 6.07) is 4.93. The maximum absolute atomic E-state index is 12.5. The van der Waals surface area contributed by atoms with Crippen LogP contribution in [0, 0.1) is 20.8 Å². The number of aliphatic hydroxyl groups is 1. The number of benzene rings is 1. The van der Waals surface area contributed by atoms with Crippen LogP contribution < -0.4 is 15.4 Å². The summed E-state index contributed by atoms with van der Waals surface area (Å²) >= 11 is 6.64. The van der Waals surface area contributed by atoms with Gasteiger partial charge in [-0.05, 0) is 52.9 Å². The first kappa shape index (κ1) is 30.5. The van der Waals surface area contributed by atoms with Gasteiger partial charge >= 0.3 is 6.09 Å². The molecule has 3 aromatic rings. The lowest BCUT2D eigenvalue weighted by molar-refractivity contribution is -0.00379. The van der Waals surface area contributed by atoms with E-state index in [4.69, 9.17) is 40.3 Å². The predicted molar refractivity (Wildman–Crippen MR) is 154 cm³/mol. The van der Waals surface area contributed by atoms with E-state index < -0.39 is 6.10 Å². The number of ether oxygens (including phenoxy) is 3. The summed E-state index contributed by atoms with van der Waals surface area (Å²) < 4.78 is 22.2. The maximum atomic E-state index is 12.5. The van der Waals surface area contributed by atoms with Gasteiger partial charge in [-0.25, -0.2) is 14.8 Å². The number of nitrogens with zero attached hydrogens (tertiary/aromatic N) is 4. The van der Waals surface area contributed by atoms with Crippen molar-refractivity contribution in [3.05, 3.63) is 40.2 Å². The monoisotopic (exact) mass is 588 g/mol. The molecule has 1 aromatic carbocycles. The zero-order valence-corrected chi connectivity index (χ0v) is 24.7. The number of aliphatic hydroxyl groups excluding tert-OH is 1. The lowest BCUT2D eigenvalue weighted by atomic mass is 10.0. The van der Waals surface area contributed by atoms with Gasteiger partial charge in [-0.3, -0.25) is 4.90 Å². The fraction of sp³-hybridized carbons (Fsp3) is 0.500. The molecule has 2 aromatic heterocycles. The Bertz CT molecular complexity index is 1330. The van der Waals surface area contributed by atoms with Crippen LogP contribution in [0.25, 0.3) is 22.6 Å². The van der Waals surface area contributed by atoms with E-state index in [9.17, 15) is 9.90 Å². The Morgan fingerprint density at radius 3 is 2.80 bits per heavy atom. The van der Waals surface area contributed by atoms with E-state index in [1.54, 1.807) is 37.1 Å². The fourth-order valence-electron chi connectivity index (χ4n) is 4.61. The predicted octanol–water partition coefficient (Wildman–Crippen LogP) is 3.61. The van der Waals surface area contributed by atoms with Gasteiger partial charge < -0.3 is 34.5 Å². The Labute approximate surface area is 244 Å². The summed E-state index contributed by atoms with van der Waals surface area (Å²) in [6.45, 7) is 9.81. The molecule has 1 amide bonds. The highest BCUT2D eigenvalue weighted by Gasteiger charge is 2.29. The molecule has 0 bridgehead atoms. The van der Waals surface area contributed by atoms with Crippen LogP contribution in [0.3, 0.4) is 0 Å². The van der Waals surface area contributed by atoms with Crippen molar-refractivity contribution < 1.29 is 28.6 Å². The van der Waals surface area contributed by atoms with Crippen molar-refractivity contribution in [1.82, 2.24) is 25.3 Å². The smallest absolute Gasteiger partial charge is 0.410 e. The van der Waals surface area contributed by atoms with Crippen molar-refractivity contribution in [2.45, 2.75) is 39.8 Å². The summed E-state index contributed by atoms with van der Waals surface area (Å²) in [7, 11) is 1.76. The summed E-state index contributed by atoms with van der Waals surface area (Å²) in [5, 5.41) is 20.9. The molecule has 1 aliphatic heterocycles. The molecule has 1 aliphatic rings. The number of morpholine rings is 1. The number of anilines is 1. The first-order valence-corrected chi connectivity index (χ1v) is 13.9. The Kier molecular flexibility index (Phi) is 10.4. The van der Waals surface area contributed by atoms with E-state index in [-0.39, 0.29) is 18.7 Å². The van der Waals surface area contributed by atoms with Crippen LogP contribution in [0.5, 0.6) is 5.75 Å². The second-order valence-corrected chi connectivity index (χ2v) is 10.1. The first-order valence-electron chi connectivity index (χ1n) is 13.6. The number of carbonyl (C=O) groups is 1. The fourth-order valence-corrected chi connectivity index (χ4v) is 4.81. The number of nitrogens with one attached hydrogen (secondary N) is 2. The average molecular weight is 589 g/mol. The zero-order chi connectivity index (χ0) is 29.5. The van der Waals surface area contributed by atoms with Gasteiger partial charge in [-0.1, -0.05) is 16.8 Å². The molecule has 12 nitrogen and oxygen atoms in total. The number of halogens is 1.